The van der Waals surface area contributed by atoms with Gasteiger partial charge in [0, 0.05) is 54.1 Å². The van der Waals surface area contributed by atoms with Crippen molar-refractivity contribution in [1.29, 1.82) is 0 Å². The van der Waals surface area contributed by atoms with Crippen molar-refractivity contribution in [2.24, 2.45) is 0 Å². The summed E-state index contributed by atoms with van der Waals surface area (Å²) in [7, 11) is 0. The molecule has 4 aromatic rings. The number of carbonyl (C=O) groups excluding carboxylic acids is 1. The summed E-state index contributed by atoms with van der Waals surface area (Å²) in [5.41, 5.74) is 0.0738. The average molecular weight is 537 g/mol. The number of aromatic hydroxyl groups is 1. The Morgan fingerprint density at radius 2 is 1.51 bits per heavy atom. The Balaban J connectivity index is 1.94. The lowest BCUT2D eigenvalue weighted by atomic mass is 10.1. The SMILES string of the molecule is CCCOc1cc(OCCC)cc(-n2cc(C(=O)N(CC)c3cc(F)cc(F)c3)c(=O)c3ccc(O)cc32)c1. The average Bonchev–Trinajstić information content (AvgIpc) is 2.90. The van der Waals surface area contributed by atoms with E-state index >= 15 is 0 Å². The van der Waals surface area contributed by atoms with Crippen LogP contribution in [0.3, 0.4) is 0 Å². The van der Waals surface area contributed by atoms with E-state index in [-0.39, 0.29) is 28.9 Å². The molecule has 1 heterocycles. The van der Waals surface area contributed by atoms with Gasteiger partial charge in [0.25, 0.3) is 5.91 Å². The van der Waals surface area contributed by atoms with Crippen molar-refractivity contribution in [2.45, 2.75) is 33.6 Å². The molecule has 0 unspecified atom stereocenters. The van der Waals surface area contributed by atoms with Gasteiger partial charge in [-0.05, 0) is 44.0 Å². The Labute approximate surface area is 224 Å². The number of ether oxygens (including phenoxy) is 2. The second kappa shape index (κ2) is 12.0. The maximum absolute atomic E-state index is 14.0. The minimum Gasteiger partial charge on any atom is -0.508 e. The number of aromatic nitrogens is 1. The first kappa shape index (κ1) is 27.6. The highest BCUT2D eigenvalue weighted by molar-refractivity contribution is 6.07. The standard InChI is InChI=1S/C30H30F2N2O5/c1-4-9-38-24-14-22(15-25(17-24)39-10-5-2)34-18-27(29(36)26-8-7-23(35)16-28(26)34)30(37)33(6-3)21-12-19(31)11-20(32)13-21/h7-8,11-18,35H,4-6,9-10H2,1-3H3. The molecule has 0 aliphatic heterocycles. The number of phenols is 1. The molecule has 0 radical (unpaired) electrons. The van der Waals surface area contributed by atoms with Crippen molar-refractivity contribution >= 4 is 22.5 Å². The smallest absolute Gasteiger partial charge is 0.263 e. The monoisotopic (exact) mass is 536 g/mol. The van der Waals surface area contributed by atoms with Crippen molar-refractivity contribution in [3.05, 3.63) is 88.2 Å². The first-order valence-electron chi connectivity index (χ1n) is 12.8. The lowest BCUT2D eigenvalue weighted by Crippen LogP contribution is -2.35. The highest BCUT2D eigenvalue weighted by Crippen LogP contribution is 2.30. The number of phenolic OH excluding ortho intramolecular Hbond substituents is 1. The maximum atomic E-state index is 14.0. The van der Waals surface area contributed by atoms with Crippen LogP contribution in [0.5, 0.6) is 17.2 Å². The molecule has 7 nitrogen and oxygen atoms in total. The van der Waals surface area contributed by atoms with E-state index in [0.29, 0.717) is 42.0 Å². The molecule has 0 fully saturated rings. The number of hydrogen-bond acceptors (Lipinski definition) is 5. The van der Waals surface area contributed by atoms with E-state index in [1.165, 1.54) is 24.4 Å². The summed E-state index contributed by atoms with van der Waals surface area (Å²) in [6.07, 6.45) is 2.94. The minimum atomic E-state index is -0.842. The molecule has 3 aromatic carbocycles. The van der Waals surface area contributed by atoms with Gasteiger partial charge < -0.3 is 24.0 Å². The third-order valence-electron chi connectivity index (χ3n) is 6.03. The van der Waals surface area contributed by atoms with E-state index < -0.39 is 23.0 Å². The van der Waals surface area contributed by atoms with Gasteiger partial charge in [0.05, 0.1) is 24.4 Å². The van der Waals surface area contributed by atoms with Crippen LogP contribution < -0.4 is 19.8 Å². The molecule has 1 N–H and O–H groups in total. The summed E-state index contributed by atoms with van der Waals surface area (Å²) in [6, 6.07) is 12.3. The van der Waals surface area contributed by atoms with Gasteiger partial charge >= 0.3 is 0 Å². The van der Waals surface area contributed by atoms with Crippen molar-refractivity contribution in [2.75, 3.05) is 24.7 Å². The molecule has 0 saturated carbocycles. The molecule has 9 heteroatoms. The topological polar surface area (TPSA) is 81.0 Å². The van der Waals surface area contributed by atoms with Crippen LogP contribution in [0.2, 0.25) is 0 Å². The van der Waals surface area contributed by atoms with Gasteiger partial charge in [0.1, 0.15) is 34.4 Å². The molecule has 4 rings (SSSR count). The Hall–Kier alpha value is -4.40. The van der Waals surface area contributed by atoms with Crippen molar-refractivity contribution in [3.63, 3.8) is 0 Å². The van der Waals surface area contributed by atoms with Crippen LogP contribution in [0.15, 0.2) is 65.6 Å². The quantitative estimate of drug-likeness (QED) is 0.260. The first-order chi connectivity index (χ1) is 18.7. The minimum absolute atomic E-state index is 0.0121. The van der Waals surface area contributed by atoms with Gasteiger partial charge in [-0.1, -0.05) is 13.8 Å². The summed E-state index contributed by atoms with van der Waals surface area (Å²) in [6.45, 7) is 6.62. The predicted molar refractivity (Wildman–Crippen MR) is 146 cm³/mol. The maximum Gasteiger partial charge on any atom is 0.263 e. The van der Waals surface area contributed by atoms with Crippen LogP contribution in [-0.2, 0) is 0 Å². The van der Waals surface area contributed by atoms with Crippen LogP contribution in [0.4, 0.5) is 14.5 Å². The summed E-state index contributed by atoms with van der Waals surface area (Å²) >= 11 is 0. The zero-order chi connectivity index (χ0) is 28.1. The van der Waals surface area contributed by atoms with E-state index in [0.717, 1.165) is 29.9 Å². The molecule has 0 saturated heterocycles. The van der Waals surface area contributed by atoms with Crippen LogP contribution in [0.25, 0.3) is 16.6 Å². The number of pyridine rings is 1. The zero-order valence-corrected chi connectivity index (χ0v) is 22.0. The Kier molecular flexibility index (Phi) is 8.49. The first-order valence-corrected chi connectivity index (χ1v) is 12.8. The van der Waals surface area contributed by atoms with Gasteiger partial charge in [-0.2, -0.15) is 0 Å². The van der Waals surface area contributed by atoms with Gasteiger partial charge in [-0.3, -0.25) is 9.59 Å². The van der Waals surface area contributed by atoms with Crippen LogP contribution in [0.1, 0.15) is 44.0 Å². The van der Waals surface area contributed by atoms with Gasteiger partial charge in [-0.15, -0.1) is 0 Å². The van der Waals surface area contributed by atoms with E-state index in [9.17, 15) is 23.5 Å². The number of benzene rings is 3. The molecule has 0 spiro atoms. The summed E-state index contributed by atoms with van der Waals surface area (Å²) in [4.78, 5) is 28.4. The fraction of sp³-hybridized carbons (Fsp3) is 0.267. The molecular formula is C30H30F2N2O5. The lowest BCUT2D eigenvalue weighted by Gasteiger charge is -2.22. The fourth-order valence-corrected chi connectivity index (χ4v) is 4.27. The molecular weight excluding hydrogens is 506 g/mol. The van der Waals surface area contributed by atoms with Crippen molar-refractivity contribution < 1.29 is 28.2 Å². The number of fused-ring (bicyclic) bond motifs is 1. The van der Waals surface area contributed by atoms with E-state index in [2.05, 4.69) is 0 Å². The van der Waals surface area contributed by atoms with Gasteiger partial charge in [0.15, 0.2) is 0 Å². The zero-order valence-electron chi connectivity index (χ0n) is 22.0. The third-order valence-corrected chi connectivity index (χ3v) is 6.03. The van der Waals surface area contributed by atoms with Gasteiger partial charge in [0.2, 0.25) is 5.43 Å². The van der Waals surface area contributed by atoms with E-state index in [4.69, 9.17) is 9.47 Å². The molecule has 1 aromatic heterocycles. The van der Waals surface area contributed by atoms with Crippen LogP contribution in [0, 0.1) is 11.6 Å². The lowest BCUT2D eigenvalue weighted by molar-refractivity contribution is 0.0987. The molecule has 0 bridgehead atoms. The molecule has 0 atom stereocenters. The largest absolute Gasteiger partial charge is 0.508 e. The second-order valence-electron chi connectivity index (χ2n) is 8.98. The normalized spacial score (nSPS) is 11.0. The van der Waals surface area contributed by atoms with Crippen LogP contribution in [-0.4, -0.2) is 35.3 Å². The van der Waals surface area contributed by atoms with E-state index in [1.54, 1.807) is 29.7 Å². The fourth-order valence-electron chi connectivity index (χ4n) is 4.27. The molecule has 204 valence electrons. The molecule has 1 amide bonds. The highest BCUT2D eigenvalue weighted by atomic mass is 19.1. The Bertz CT molecular complexity index is 1520. The van der Waals surface area contributed by atoms with Gasteiger partial charge in [-0.25, -0.2) is 8.78 Å². The third kappa shape index (κ3) is 6.03. The number of amides is 1. The molecule has 0 aliphatic rings. The summed E-state index contributed by atoms with van der Waals surface area (Å²) in [5, 5.41) is 10.4. The summed E-state index contributed by atoms with van der Waals surface area (Å²) < 4.78 is 41.2. The van der Waals surface area contributed by atoms with E-state index in [1.807, 2.05) is 13.8 Å². The van der Waals surface area contributed by atoms with Crippen LogP contribution >= 0.6 is 0 Å². The highest BCUT2D eigenvalue weighted by Gasteiger charge is 2.23. The number of rotatable bonds is 10. The Morgan fingerprint density at radius 1 is 0.897 bits per heavy atom. The number of hydrogen-bond donors (Lipinski definition) is 1. The molecule has 39 heavy (non-hydrogen) atoms. The second-order valence-corrected chi connectivity index (χ2v) is 8.98. The number of halogens is 2. The number of anilines is 1. The Morgan fingerprint density at radius 3 is 2.08 bits per heavy atom. The summed E-state index contributed by atoms with van der Waals surface area (Å²) in [5.74, 6) is -1.41. The van der Waals surface area contributed by atoms with Crippen molar-refractivity contribution in [3.8, 4) is 22.9 Å². The number of nitrogens with zero attached hydrogens (tertiary/aromatic N) is 2. The molecule has 0 aliphatic carbocycles. The predicted octanol–water partition coefficient (Wildman–Crippen LogP) is 6.22. The van der Waals surface area contributed by atoms with Crippen molar-refractivity contribution in [1.82, 2.24) is 4.57 Å². The number of carbonyl (C=O) groups is 1.